The Hall–Kier alpha value is -2.56. The second kappa shape index (κ2) is 5.39. The van der Waals surface area contributed by atoms with Gasteiger partial charge in [-0.1, -0.05) is 18.2 Å². The van der Waals surface area contributed by atoms with Crippen molar-refractivity contribution in [3.05, 3.63) is 53.8 Å². The summed E-state index contributed by atoms with van der Waals surface area (Å²) in [7, 11) is 1.42. The molecule has 2 aromatic rings. The van der Waals surface area contributed by atoms with Gasteiger partial charge < -0.3 is 15.8 Å². The number of methoxy groups -OCH3 is 1. The Kier molecular flexibility index (Phi) is 3.66. The molecule has 0 radical (unpaired) electrons. The number of carbonyl (C=O) groups excluding carboxylic acids is 1. The summed E-state index contributed by atoms with van der Waals surface area (Å²) in [5, 5.41) is 2.48. The minimum Gasteiger partial charge on any atom is -0.494 e. The molecular weight excluding hydrogens is 247 g/mol. The molecule has 2 rings (SSSR count). The maximum absolute atomic E-state index is 13.5. The Morgan fingerprint density at radius 1 is 1.21 bits per heavy atom. The van der Waals surface area contributed by atoms with Crippen LogP contribution >= 0.6 is 0 Å². The van der Waals surface area contributed by atoms with Crippen LogP contribution in [0.25, 0.3) is 0 Å². The van der Waals surface area contributed by atoms with Gasteiger partial charge in [-0.2, -0.15) is 0 Å². The van der Waals surface area contributed by atoms with E-state index in [0.29, 0.717) is 5.69 Å². The van der Waals surface area contributed by atoms with Crippen LogP contribution < -0.4 is 15.8 Å². The Labute approximate surface area is 110 Å². The molecule has 0 saturated heterocycles. The first-order valence-electron chi connectivity index (χ1n) is 5.62. The number of amides is 1. The highest BCUT2D eigenvalue weighted by atomic mass is 19.1. The van der Waals surface area contributed by atoms with E-state index in [-0.39, 0.29) is 17.0 Å². The maximum atomic E-state index is 13.5. The van der Waals surface area contributed by atoms with Crippen molar-refractivity contribution in [3.8, 4) is 5.75 Å². The lowest BCUT2D eigenvalue weighted by Crippen LogP contribution is -2.14. The number of halogens is 1. The summed E-state index contributed by atoms with van der Waals surface area (Å²) < 4.78 is 18.5. The Balaban J connectivity index is 2.31. The first-order chi connectivity index (χ1) is 9.13. The number of nitrogens with two attached hydrogens (primary N) is 1. The number of rotatable bonds is 3. The molecule has 0 aliphatic heterocycles. The van der Waals surface area contributed by atoms with E-state index in [9.17, 15) is 9.18 Å². The van der Waals surface area contributed by atoms with E-state index in [4.69, 9.17) is 10.5 Å². The highest BCUT2D eigenvalue weighted by Crippen LogP contribution is 2.26. The Bertz CT molecular complexity index is 614. The van der Waals surface area contributed by atoms with Gasteiger partial charge in [-0.15, -0.1) is 0 Å². The predicted molar refractivity (Wildman–Crippen MR) is 71.8 cm³/mol. The molecule has 0 aromatic heterocycles. The molecule has 5 heteroatoms. The minimum absolute atomic E-state index is 0.108. The van der Waals surface area contributed by atoms with E-state index in [1.165, 1.54) is 19.2 Å². The van der Waals surface area contributed by atoms with Crippen molar-refractivity contribution >= 4 is 17.3 Å². The van der Waals surface area contributed by atoms with Crippen molar-refractivity contribution in [2.24, 2.45) is 0 Å². The first-order valence-corrected chi connectivity index (χ1v) is 5.62. The summed E-state index contributed by atoms with van der Waals surface area (Å²) in [4.78, 5) is 12.1. The standard InChI is InChI=1S/C14H13FN2O2/c1-19-13-9(5-4-7-11(13)16)14(18)17-12-8-3-2-6-10(12)15/h2-8H,16H2,1H3,(H,17,18). The minimum atomic E-state index is -0.501. The first kappa shape index (κ1) is 12.9. The normalized spacial score (nSPS) is 10.0. The number of nitrogen functional groups attached to an aromatic ring is 1. The zero-order valence-corrected chi connectivity index (χ0v) is 10.3. The van der Waals surface area contributed by atoms with Gasteiger partial charge in [0.1, 0.15) is 5.82 Å². The van der Waals surface area contributed by atoms with Gasteiger partial charge in [0.15, 0.2) is 5.75 Å². The molecule has 0 spiro atoms. The molecule has 0 heterocycles. The third-order valence-electron chi connectivity index (χ3n) is 2.62. The van der Waals surface area contributed by atoms with Crippen LogP contribution in [0.5, 0.6) is 5.75 Å². The number of benzene rings is 2. The number of hydrogen-bond donors (Lipinski definition) is 2. The van der Waals surface area contributed by atoms with Crippen LogP contribution in [-0.4, -0.2) is 13.0 Å². The monoisotopic (exact) mass is 260 g/mol. The van der Waals surface area contributed by atoms with Crippen LogP contribution in [0, 0.1) is 5.82 Å². The summed E-state index contributed by atoms with van der Waals surface area (Å²) in [6, 6.07) is 10.7. The highest BCUT2D eigenvalue weighted by molar-refractivity contribution is 6.07. The van der Waals surface area contributed by atoms with Crippen LogP contribution in [0.15, 0.2) is 42.5 Å². The average molecular weight is 260 g/mol. The van der Waals surface area contributed by atoms with Gasteiger partial charge in [-0.25, -0.2) is 4.39 Å². The van der Waals surface area contributed by atoms with Gasteiger partial charge in [0, 0.05) is 0 Å². The van der Waals surface area contributed by atoms with E-state index in [2.05, 4.69) is 5.32 Å². The van der Waals surface area contributed by atoms with Crippen molar-refractivity contribution < 1.29 is 13.9 Å². The molecule has 4 nitrogen and oxygen atoms in total. The lowest BCUT2D eigenvalue weighted by atomic mass is 10.1. The quantitative estimate of drug-likeness (QED) is 0.834. The number of ether oxygens (including phenoxy) is 1. The topological polar surface area (TPSA) is 64.3 Å². The van der Waals surface area contributed by atoms with Gasteiger partial charge in [0.2, 0.25) is 0 Å². The summed E-state index contributed by atoms with van der Waals surface area (Å²) in [6.45, 7) is 0. The Morgan fingerprint density at radius 2 is 1.95 bits per heavy atom. The fourth-order valence-electron chi connectivity index (χ4n) is 1.71. The van der Waals surface area contributed by atoms with Crippen LogP contribution in [0.1, 0.15) is 10.4 Å². The summed E-state index contributed by atoms with van der Waals surface area (Å²) >= 11 is 0. The van der Waals surface area contributed by atoms with Crippen molar-refractivity contribution in [1.29, 1.82) is 0 Å². The van der Waals surface area contributed by atoms with E-state index in [1.54, 1.807) is 30.3 Å². The van der Waals surface area contributed by atoms with Gasteiger partial charge in [0.05, 0.1) is 24.0 Å². The van der Waals surface area contributed by atoms with Crippen LogP contribution in [0.4, 0.5) is 15.8 Å². The predicted octanol–water partition coefficient (Wildman–Crippen LogP) is 2.67. The van der Waals surface area contributed by atoms with E-state index >= 15 is 0 Å². The molecule has 1 amide bonds. The van der Waals surface area contributed by atoms with Crippen molar-refractivity contribution in [2.45, 2.75) is 0 Å². The van der Waals surface area contributed by atoms with Gasteiger partial charge in [0.25, 0.3) is 5.91 Å². The zero-order valence-electron chi connectivity index (χ0n) is 10.3. The SMILES string of the molecule is COc1c(N)cccc1C(=O)Nc1ccccc1F. The second-order valence-electron chi connectivity index (χ2n) is 3.86. The molecule has 98 valence electrons. The third-order valence-corrected chi connectivity index (χ3v) is 2.62. The molecular formula is C14H13FN2O2. The number of carbonyl (C=O) groups is 1. The maximum Gasteiger partial charge on any atom is 0.259 e. The lowest BCUT2D eigenvalue weighted by Gasteiger charge is -2.11. The van der Waals surface area contributed by atoms with Gasteiger partial charge in [-0.3, -0.25) is 4.79 Å². The summed E-state index contributed by atoms with van der Waals surface area (Å²) in [5.41, 5.74) is 6.43. The van der Waals surface area contributed by atoms with Crippen molar-refractivity contribution in [1.82, 2.24) is 0 Å². The molecule has 2 aromatic carbocycles. The average Bonchev–Trinajstić information content (AvgIpc) is 2.41. The lowest BCUT2D eigenvalue weighted by molar-refractivity contribution is 0.102. The van der Waals surface area contributed by atoms with Crippen molar-refractivity contribution in [3.63, 3.8) is 0 Å². The van der Waals surface area contributed by atoms with Gasteiger partial charge >= 0.3 is 0 Å². The Morgan fingerprint density at radius 3 is 2.63 bits per heavy atom. The number of para-hydroxylation sites is 2. The number of hydrogen-bond acceptors (Lipinski definition) is 3. The number of anilines is 2. The summed E-state index contributed by atoms with van der Waals surface area (Å²) in [5.74, 6) is -0.704. The van der Waals surface area contributed by atoms with Crippen LogP contribution in [0.2, 0.25) is 0 Å². The van der Waals surface area contributed by atoms with E-state index < -0.39 is 11.7 Å². The van der Waals surface area contributed by atoms with Gasteiger partial charge in [-0.05, 0) is 24.3 Å². The van der Waals surface area contributed by atoms with E-state index in [1.807, 2.05) is 0 Å². The molecule has 0 aliphatic carbocycles. The molecule has 0 fully saturated rings. The molecule has 0 aliphatic rings. The molecule has 3 N–H and O–H groups in total. The van der Waals surface area contributed by atoms with Crippen LogP contribution in [-0.2, 0) is 0 Å². The largest absolute Gasteiger partial charge is 0.494 e. The molecule has 19 heavy (non-hydrogen) atoms. The third kappa shape index (κ3) is 2.65. The fourth-order valence-corrected chi connectivity index (χ4v) is 1.71. The van der Waals surface area contributed by atoms with E-state index in [0.717, 1.165) is 0 Å². The number of nitrogens with one attached hydrogen (secondary N) is 1. The zero-order chi connectivity index (χ0) is 13.8. The highest BCUT2D eigenvalue weighted by Gasteiger charge is 2.15. The van der Waals surface area contributed by atoms with Crippen molar-refractivity contribution in [2.75, 3.05) is 18.2 Å². The second-order valence-corrected chi connectivity index (χ2v) is 3.86. The molecule has 0 unspecified atom stereocenters. The smallest absolute Gasteiger partial charge is 0.259 e. The van der Waals surface area contributed by atoms with Crippen LogP contribution in [0.3, 0.4) is 0 Å². The molecule has 0 saturated carbocycles. The molecule has 0 bridgehead atoms. The summed E-state index contributed by atoms with van der Waals surface area (Å²) in [6.07, 6.45) is 0. The fraction of sp³-hybridized carbons (Fsp3) is 0.0714. The molecule has 0 atom stereocenters.